The Bertz CT molecular complexity index is 441. The number of hydrogen-bond donors (Lipinski definition) is 1. The van der Waals surface area contributed by atoms with Crippen molar-refractivity contribution in [3.8, 4) is 0 Å². The monoisotopic (exact) mass is 195 g/mol. The summed E-state index contributed by atoms with van der Waals surface area (Å²) in [5.41, 5.74) is 1.89. The minimum atomic E-state index is 0.943. The number of benzene rings is 2. The maximum atomic E-state index is 7.31. The van der Waals surface area contributed by atoms with Crippen LogP contribution in [-0.4, -0.2) is 6.01 Å². The largest absolute Gasteiger partial charge is 0.315 e. The van der Waals surface area contributed by atoms with Gasteiger partial charge in [0.2, 0.25) is 0 Å². The van der Waals surface area contributed by atoms with Crippen LogP contribution in [0, 0.1) is 5.41 Å². The van der Waals surface area contributed by atoms with Crippen molar-refractivity contribution in [1.82, 2.24) is 4.58 Å². The van der Waals surface area contributed by atoms with E-state index in [2.05, 4.69) is 6.01 Å². The molecule has 72 valence electrons. The van der Waals surface area contributed by atoms with Gasteiger partial charge in [0.15, 0.2) is 0 Å². The molecule has 0 aliphatic carbocycles. The minimum absolute atomic E-state index is 0.943. The van der Waals surface area contributed by atoms with Crippen molar-refractivity contribution in [2.24, 2.45) is 0 Å². The number of rotatable bonds is 2. The van der Waals surface area contributed by atoms with Gasteiger partial charge in [-0.15, -0.1) is 0 Å². The van der Waals surface area contributed by atoms with E-state index in [1.165, 1.54) is 0 Å². The number of nitrogens with one attached hydrogen (secondary N) is 1. The van der Waals surface area contributed by atoms with Gasteiger partial charge in [-0.1, -0.05) is 41.8 Å². The summed E-state index contributed by atoms with van der Waals surface area (Å²) in [6, 6.07) is 21.9. The summed E-state index contributed by atoms with van der Waals surface area (Å²) in [6.07, 6.45) is 0. The third-order valence-corrected chi connectivity index (χ3v) is 2.14. The van der Waals surface area contributed by atoms with Gasteiger partial charge >= 0.3 is 6.01 Å². The molecule has 0 bridgehead atoms. The molecule has 0 unspecified atom stereocenters. The van der Waals surface area contributed by atoms with E-state index < -0.39 is 0 Å². The van der Waals surface area contributed by atoms with Crippen molar-refractivity contribution in [3.05, 3.63) is 60.7 Å². The summed E-state index contributed by atoms with van der Waals surface area (Å²) in [4.78, 5) is 0. The van der Waals surface area contributed by atoms with Crippen LogP contribution in [0.2, 0.25) is 0 Å². The van der Waals surface area contributed by atoms with E-state index in [0.29, 0.717) is 0 Å². The van der Waals surface area contributed by atoms with Gasteiger partial charge in [0, 0.05) is 0 Å². The second-order valence-corrected chi connectivity index (χ2v) is 3.12. The fraction of sp³-hybridized carbons (Fsp3) is 0. The zero-order chi connectivity index (χ0) is 10.5. The summed E-state index contributed by atoms with van der Waals surface area (Å²) in [7, 11) is 0. The minimum Gasteiger partial charge on any atom is -0.151 e. The summed E-state index contributed by atoms with van der Waals surface area (Å²) in [5, 5.41) is 7.31. The van der Waals surface area contributed by atoms with Gasteiger partial charge in [0.1, 0.15) is 11.4 Å². The van der Waals surface area contributed by atoms with Crippen molar-refractivity contribution < 1.29 is 0 Å². The molecule has 0 heterocycles. The van der Waals surface area contributed by atoms with Crippen LogP contribution in [0.15, 0.2) is 60.7 Å². The fourth-order valence-electron chi connectivity index (χ4n) is 1.43. The topological polar surface area (TPSA) is 26.9 Å². The van der Waals surface area contributed by atoms with E-state index in [1.54, 1.807) is 4.58 Å². The first kappa shape index (κ1) is 9.38. The smallest absolute Gasteiger partial charge is 0.151 e. The normalized spacial score (nSPS) is 9.33. The maximum absolute atomic E-state index is 7.31. The molecular weight excluding hydrogens is 184 g/mol. The molecule has 0 spiro atoms. The van der Waals surface area contributed by atoms with Crippen LogP contribution in [0.3, 0.4) is 0 Å². The van der Waals surface area contributed by atoms with E-state index in [9.17, 15) is 0 Å². The number of hydrogen-bond acceptors (Lipinski definition) is 1. The van der Waals surface area contributed by atoms with E-state index in [-0.39, 0.29) is 0 Å². The lowest BCUT2D eigenvalue weighted by Crippen LogP contribution is -2.00. The third kappa shape index (κ3) is 2.01. The van der Waals surface area contributed by atoms with E-state index in [0.717, 1.165) is 11.4 Å². The van der Waals surface area contributed by atoms with Crippen LogP contribution in [-0.2, 0) is 0 Å². The highest BCUT2D eigenvalue weighted by molar-refractivity contribution is 5.62. The quantitative estimate of drug-likeness (QED) is 0.562. The average molecular weight is 195 g/mol. The highest BCUT2D eigenvalue weighted by Gasteiger charge is 2.05. The Morgan fingerprint density at radius 3 is 1.47 bits per heavy atom. The fourth-order valence-corrected chi connectivity index (χ4v) is 1.43. The van der Waals surface area contributed by atoms with Crippen LogP contribution in [0.25, 0.3) is 0 Å². The molecular formula is C13H11N2+. The van der Waals surface area contributed by atoms with Gasteiger partial charge in [-0.25, -0.2) is 0 Å². The lowest BCUT2D eigenvalue weighted by atomic mass is 10.2. The Balaban J connectivity index is 2.48. The molecule has 15 heavy (non-hydrogen) atoms. The lowest BCUT2D eigenvalue weighted by molar-refractivity contribution is 1.09. The standard InChI is InChI=1S/C13H11N2/c14-11-15(12-7-3-1-4-8-12)13-9-5-2-6-10-13/h1-10,14H/q+1. The van der Waals surface area contributed by atoms with Crippen LogP contribution in [0.1, 0.15) is 0 Å². The Morgan fingerprint density at radius 1 is 0.733 bits per heavy atom. The molecule has 2 aromatic rings. The molecule has 2 rings (SSSR count). The molecule has 0 aliphatic heterocycles. The summed E-state index contributed by atoms with van der Waals surface area (Å²) in [6.45, 7) is 0. The van der Waals surface area contributed by atoms with Gasteiger partial charge in [0.05, 0.1) is 0 Å². The Labute approximate surface area is 88.6 Å². The van der Waals surface area contributed by atoms with Gasteiger partial charge in [-0.05, 0) is 24.3 Å². The molecule has 0 saturated heterocycles. The van der Waals surface area contributed by atoms with Crippen LogP contribution in [0.5, 0.6) is 0 Å². The highest BCUT2D eigenvalue weighted by atomic mass is 15.0. The molecule has 2 heteroatoms. The predicted molar refractivity (Wildman–Crippen MR) is 62.1 cm³/mol. The molecule has 0 fully saturated rings. The van der Waals surface area contributed by atoms with Gasteiger partial charge in [-0.2, -0.15) is 4.58 Å². The molecule has 0 saturated carbocycles. The van der Waals surface area contributed by atoms with Crippen LogP contribution >= 0.6 is 0 Å². The molecule has 0 aromatic heterocycles. The molecule has 0 atom stereocenters. The van der Waals surface area contributed by atoms with Crippen molar-refractivity contribution in [2.45, 2.75) is 0 Å². The van der Waals surface area contributed by atoms with Gasteiger partial charge < -0.3 is 0 Å². The first-order chi connectivity index (χ1) is 7.42. The molecule has 0 amide bonds. The molecule has 0 radical (unpaired) electrons. The Morgan fingerprint density at radius 2 is 1.13 bits per heavy atom. The van der Waals surface area contributed by atoms with E-state index >= 15 is 0 Å². The summed E-state index contributed by atoms with van der Waals surface area (Å²) < 4.78 is 1.71. The second kappa shape index (κ2) is 4.36. The zero-order valence-corrected chi connectivity index (χ0v) is 8.22. The predicted octanol–water partition coefficient (Wildman–Crippen LogP) is 3.27. The number of nitrogens with zero attached hydrogens (tertiary/aromatic N) is 1. The first-order valence-corrected chi connectivity index (χ1v) is 4.74. The average Bonchev–Trinajstić information content (AvgIpc) is 2.33. The molecule has 2 nitrogen and oxygen atoms in total. The summed E-state index contributed by atoms with van der Waals surface area (Å²) >= 11 is 0. The number of para-hydroxylation sites is 2. The zero-order valence-electron chi connectivity index (χ0n) is 8.22. The Hall–Kier alpha value is -2.18. The van der Waals surface area contributed by atoms with Crippen molar-refractivity contribution in [3.63, 3.8) is 0 Å². The Kier molecular flexibility index (Phi) is 2.72. The molecule has 2 aromatic carbocycles. The molecule has 0 aliphatic rings. The van der Waals surface area contributed by atoms with Crippen molar-refractivity contribution >= 4 is 17.4 Å². The highest BCUT2D eigenvalue weighted by Crippen LogP contribution is 2.18. The van der Waals surface area contributed by atoms with Crippen LogP contribution < -0.4 is 4.58 Å². The summed E-state index contributed by atoms with van der Waals surface area (Å²) in [5.74, 6) is 0. The first-order valence-electron chi connectivity index (χ1n) is 4.74. The van der Waals surface area contributed by atoms with Crippen molar-refractivity contribution in [1.29, 1.82) is 5.41 Å². The van der Waals surface area contributed by atoms with E-state index in [1.807, 2.05) is 60.7 Å². The van der Waals surface area contributed by atoms with Gasteiger partial charge in [0.25, 0.3) is 0 Å². The third-order valence-electron chi connectivity index (χ3n) is 2.14. The lowest BCUT2D eigenvalue weighted by Gasteiger charge is -2.01. The second-order valence-electron chi connectivity index (χ2n) is 3.12. The van der Waals surface area contributed by atoms with Crippen molar-refractivity contribution in [2.75, 3.05) is 0 Å². The SMILES string of the molecule is N=C=[N+](c1ccccc1)c1ccccc1. The maximum Gasteiger partial charge on any atom is 0.315 e. The van der Waals surface area contributed by atoms with E-state index in [4.69, 9.17) is 5.41 Å². The van der Waals surface area contributed by atoms with Crippen LogP contribution in [0.4, 0.5) is 11.4 Å². The molecule has 1 N–H and O–H groups in total. The van der Waals surface area contributed by atoms with Gasteiger partial charge in [-0.3, -0.25) is 0 Å².